The summed E-state index contributed by atoms with van der Waals surface area (Å²) in [6.45, 7) is 4.49. The van der Waals surface area contributed by atoms with Crippen LogP contribution in [-0.2, 0) is 6.42 Å². The number of likely N-dealkylation sites (tertiary alicyclic amines) is 1. The fraction of sp³-hybridized carbons (Fsp3) is 0.600. The number of likely N-dealkylation sites (N-methyl/N-ethyl adjacent to an activating group) is 1. The van der Waals surface area contributed by atoms with Crippen LogP contribution in [0.4, 0.5) is 5.69 Å². The molecule has 98 valence electrons. The van der Waals surface area contributed by atoms with Crippen LogP contribution in [0.15, 0.2) is 18.2 Å². The molecule has 0 saturated carbocycles. The summed E-state index contributed by atoms with van der Waals surface area (Å²) in [7, 11) is 2.17. The highest BCUT2D eigenvalue weighted by Crippen LogP contribution is 2.33. The third-order valence-electron chi connectivity index (χ3n) is 4.39. The van der Waals surface area contributed by atoms with E-state index in [-0.39, 0.29) is 6.61 Å². The number of β-amino-alcohol motifs (C(OH)–C–C–N with tert-alkyl or cyclic N) is 1. The third kappa shape index (κ3) is 2.13. The maximum absolute atomic E-state index is 8.99. The molecule has 0 aromatic heterocycles. The molecule has 0 radical (unpaired) electrons. The standard InChI is InChI=1S/C15H22N2O/c1-16-6-4-13-10-12(2-3-15(13)16)14-5-7-17(11-14)8-9-18/h2-3,10,14,18H,4-9,11H2,1H3. The van der Waals surface area contributed by atoms with Gasteiger partial charge < -0.3 is 14.9 Å². The van der Waals surface area contributed by atoms with Gasteiger partial charge >= 0.3 is 0 Å². The van der Waals surface area contributed by atoms with Crippen LogP contribution in [0.5, 0.6) is 0 Å². The van der Waals surface area contributed by atoms with Gasteiger partial charge in [-0.2, -0.15) is 0 Å². The van der Waals surface area contributed by atoms with Crippen molar-refractivity contribution < 1.29 is 5.11 Å². The maximum Gasteiger partial charge on any atom is 0.0558 e. The smallest absolute Gasteiger partial charge is 0.0558 e. The fourth-order valence-electron chi connectivity index (χ4n) is 3.29. The van der Waals surface area contributed by atoms with Crippen LogP contribution < -0.4 is 4.90 Å². The molecule has 0 spiro atoms. The Hall–Kier alpha value is -1.06. The van der Waals surface area contributed by atoms with E-state index in [1.165, 1.54) is 29.7 Å². The first-order valence-electron chi connectivity index (χ1n) is 6.95. The molecule has 1 unspecified atom stereocenters. The summed E-state index contributed by atoms with van der Waals surface area (Å²) in [6, 6.07) is 6.99. The molecule has 0 bridgehead atoms. The minimum Gasteiger partial charge on any atom is -0.395 e. The number of hydrogen-bond acceptors (Lipinski definition) is 3. The molecule has 2 heterocycles. The molecule has 1 aromatic rings. The van der Waals surface area contributed by atoms with Crippen LogP contribution in [0.3, 0.4) is 0 Å². The van der Waals surface area contributed by atoms with Gasteiger partial charge in [0.2, 0.25) is 0 Å². The Morgan fingerprint density at radius 1 is 1.33 bits per heavy atom. The summed E-state index contributed by atoms with van der Waals surface area (Å²) in [6.07, 6.45) is 2.42. The quantitative estimate of drug-likeness (QED) is 0.874. The second-order valence-electron chi connectivity index (χ2n) is 5.57. The Morgan fingerprint density at radius 2 is 2.22 bits per heavy atom. The Morgan fingerprint density at radius 3 is 3.06 bits per heavy atom. The Balaban J connectivity index is 1.74. The minimum atomic E-state index is 0.279. The van der Waals surface area contributed by atoms with Gasteiger partial charge in [-0.15, -0.1) is 0 Å². The van der Waals surface area contributed by atoms with Crippen LogP contribution in [0, 0.1) is 0 Å². The molecule has 0 aliphatic carbocycles. The number of anilines is 1. The summed E-state index contributed by atoms with van der Waals surface area (Å²) < 4.78 is 0. The van der Waals surface area contributed by atoms with E-state index in [1.54, 1.807) is 0 Å². The van der Waals surface area contributed by atoms with Gasteiger partial charge in [-0.25, -0.2) is 0 Å². The van der Waals surface area contributed by atoms with E-state index in [2.05, 4.69) is 35.0 Å². The lowest BCUT2D eigenvalue weighted by molar-refractivity contribution is 0.220. The number of aliphatic hydroxyl groups excluding tert-OH is 1. The van der Waals surface area contributed by atoms with Gasteiger partial charge in [-0.1, -0.05) is 12.1 Å². The zero-order valence-electron chi connectivity index (χ0n) is 11.1. The van der Waals surface area contributed by atoms with Crippen molar-refractivity contribution in [1.82, 2.24) is 4.90 Å². The molecule has 1 saturated heterocycles. The van der Waals surface area contributed by atoms with Gasteiger partial charge in [0.15, 0.2) is 0 Å². The number of hydrogen-bond donors (Lipinski definition) is 1. The molecule has 3 heteroatoms. The monoisotopic (exact) mass is 246 g/mol. The summed E-state index contributed by atoms with van der Waals surface area (Å²) in [5.41, 5.74) is 4.41. The normalized spacial score (nSPS) is 23.7. The van der Waals surface area contributed by atoms with E-state index < -0.39 is 0 Å². The second-order valence-corrected chi connectivity index (χ2v) is 5.57. The highest BCUT2D eigenvalue weighted by atomic mass is 16.3. The van der Waals surface area contributed by atoms with Crippen LogP contribution in [0.1, 0.15) is 23.5 Å². The zero-order chi connectivity index (χ0) is 12.5. The van der Waals surface area contributed by atoms with Crippen molar-refractivity contribution >= 4 is 5.69 Å². The highest BCUT2D eigenvalue weighted by molar-refractivity contribution is 5.58. The van der Waals surface area contributed by atoms with Crippen molar-refractivity contribution in [2.45, 2.75) is 18.8 Å². The van der Waals surface area contributed by atoms with Crippen molar-refractivity contribution in [2.24, 2.45) is 0 Å². The topological polar surface area (TPSA) is 26.7 Å². The minimum absolute atomic E-state index is 0.279. The molecule has 0 amide bonds. The van der Waals surface area contributed by atoms with E-state index >= 15 is 0 Å². The molecule has 1 fully saturated rings. The van der Waals surface area contributed by atoms with Crippen molar-refractivity contribution in [1.29, 1.82) is 0 Å². The summed E-state index contributed by atoms with van der Waals surface area (Å²) >= 11 is 0. The number of nitrogens with zero attached hydrogens (tertiary/aromatic N) is 2. The van der Waals surface area contributed by atoms with E-state index in [0.717, 1.165) is 26.2 Å². The number of aliphatic hydroxyl groups is 1. The van der Waals surface area contributed by atoms with E-state index in [1.807, 2.05) is 0 Å². The number of rotatable bonds is 3. The molecule has 3 nitrogen and oxygen atoms in total. The van der Waals surface area contributed by atoms with Crippen molar-refractivity contribution in [3.05, 3.63) is 29.3 Å². The van der Waals surface area contributed by atoms with Crippen LogP contribution >= 0.6 is 0 Å². The van der Waals surface area contributed by atoms with E-state index in [9.17, 15) is 0 Å². The lowest BCUT2D eigenvalue weighted by atomic mass is 9.96. The van der Waals surface area contributed by atoms with Crippen LogP contribution in [0.2, 0.25) is 0 Å². The molecule has 18 heavy (non-hydrogen) atoms. The Labute approximate surface area is 109 Å². The van der Waals surface area contributed by atoms with Gasteiger partial charge in [0.25, 0.3) is 0 Å². The average Bonchev–Trinajstić information content (AvgIpc) is 2.97. The second kappa shape index (κ2) is 4.90. The predicted octanol–water partition coefficient (Wildman–Crippen LogP) is 1.46. The summed E-state index contributed by atoms with van der Waals surface area (Å²) in [4.78, 5) is 4.70. The van der Waals surface area contributed by atoms with E-state index in [4.69, 9.17) is 5.11 Å². The van der Waals surface area contributed by atoms with Crippen molar-refractivity contribution in [3.63, 3.8) is 0 Å². The molecule has 1 N–H and O–H groups in total. The predicted molar refractivity (Wildman–Crippen MR) is 74.3 cm³/mol. The molecular weight excluding hydrogens is 224 g/mol. The molecular formula is C15H22N2O. The van der Waals surface area contributed by atoms with Gasteiger partial charge in [0.1, 0.15) is 0 Å². The first kappa shape index (κ1) is 12.0. The van der Waals surface area contributed by atoms with Crippen molar-refractivity contribution in [2.75, 3.05) is 44.7 Å². The number of fused-ring (bicyclic) bond motifs is 1. The third-order valence-corrected chi connectivity index (χ3v) is 4.39. The van der Waals surface area contributed by atoms with Crippen molar-refractivity contribution in [3.8, 4) is 0 Å². The summed E-state index contributed by atoms with van der Waals surface area (Å²) in [5.74, 6) is 0.660. The van der Waals surface area contributed by atoms with Gasteiger partial charge in [0, 0.05) is 32.4 Å². The molecule has 1 atom stereocenters. The van der Waals surface area contributed by atoms with E-state index in [0.29, 0.717) is 5.92 Å². The molecule has 3 rings (SSSR count). The zero-order valence-corrected chi connectivity index (χ0v) is 11.1. The van der Waals surface area contributed by atoms with Crippen LogP contribution in [-0.4, -0.2) is 49.8 Å². The lowest BCUT2D eigenvalue weighted by Gasteiger charge is -2.16. The summed E-state index contributed by atoms with van der Waals surface area (Å²) in [5, 5.41) is 8.99. The molecule has 2 aliphatic heterocycles. The lowest BCUT2D eigenvalue weighted by Crippen LogP contribution is -2.23. The first-order valence-corrected chi connectivity index (χ1v) is 6.95. The SMILES string of the molecule is CN1CCc2cc(C3CCN(CCO)C3)ccc21. The molecule has 2 aliphatic rings. The highest BCUT2D eigenvalue weighted by Gasteiger charge is 2.25. The largest absolute Gasteiger partial charge is 0.395 e. The Bertz CT molecular complexity index is 433. The Kier molecular flexibility index (Phi) is 3.27. The fourth-order valence-corrected chi connectivity index (χ4v) is 3.29. The van der Waals surface area contributed by atoms with Gasteiger partial charge in [-0.05, 0) is 42.5 Å². The van der Waals surface area contributed by atoms with Gasteiger partial charge in [-0.3, -0.25) is 0 Å². The first-order chi connectivity index (χ1) is 8.78. The average molecular weight is 246 g/mol. The molecule has 1 aromatic carbocycles. The number of benzene rings is 1. The van der Waals surface area contributed by atoms with Gasteiger partial charge in [0.05, 0.1) is 6.61 Å². The van der Waals surface area contributed by atoms with Crippen LogP contribution in [0.25, 0.3) is 0 Å². The maximum atomic E-state index is 8.99.